The van der Waals surface area contributed by atoms with Gasteiger partial charge in [0, 0.05) is 13.0 Å². The predicted molar refractivity (Wildman–Crippen MR) is 97.8 cm³/mol. The van der Waals surface area contributed by atoms with E-state index >= 15 is 0 Å². The highest BCUT2D eigenvalue weighted by Crippen LogP contribution is 2.24. The van der Waals surface area contributed by atoms with E-state index in [4.69, 9.17) is 20.8 Å². The average Bonchev–Trinajstić information content (AvgIpc) is 3.28. The quantitative estimate of drug-likeness (QED) is 0.742. The molecule has 2 aromatic rings. The minimum Gasteiger partial charge on any atom is -0.467 e. The highest BCUT2D eigenvalue weighted by atomic mass is 35.5. The van der Waals surface area contributed by atoms with Crippen LogP contribution >= 0.6 is 11.6 Å². The van der Waals surface area contributed by atoms with Crippen molar-refractivity contribution in [1.82, 2.24) is 4.90 Å². The summed E-state index contributed by atoms with van der Waals surface area (Å²) in [4.78, 5) is 38.1. The molecular formula is C19H18ClFN2O5. The minimum absolute atomic E-state index is 0.0116. The van der Waals surface area contributed by atoms with Gasteiger partial charge in [-0.2, -0.15) is 0 Å². The van der Waals surface area contributed by atoms with Gasteiger partial charge in [-0.3, -0.25) is 14.4 Å². The molecule has 3 rings (SSSR count). The van der Waals surface area contributed by atoms with E-state index in [0.29, 0.717) is 5.76 Å². The molecule has 7 nitrogen and oxygen atoms in total. The molecule has 0 saturated carbocycles. The molecule has 1 N–H and O–H groups in total. The van der Waals surface area contributed by atoms with Crippen molar-refractivity contribution in [2.24, 2.45) is 5.92 Å². The number of benzene rings is 1. The number of rotatable bonds is 6. The molecular weight excluding hydrogens is 391 g/mol. The Morgan fingerprint density at radius 3 is 2.89 bits per heavy atom. The first-order chi connectivity index (χ1) is 13.3. The normalized spacial score (nSPS) is 17.5. The summed E-state index contributed by atoms with van der Waals surface area (Å²) in [5.74, 6) is -2.01. The number of esters is 1. The van der Waals surface area contributed by atoms with Crippen LogP contribution < -0.4 is 5.32 Å². The van der Waals surface area contributed by atoms with Crippen molar-refractivity contribution in [1.29, 1.82) is 0 Å². The van der Waals surface area contributed by atoms with Crippen molar-refractivity contribution in [3.8, 4) is 0 Å². The zero-order valence-corrected chi connectivity index (χ0v) is 15.7. The second kappa shape index (κ2) is 8.43. The van der Waals surface area contributed by atoms with Crippen LogP contribution in [0.3, 0.4) is 0 Å². The van der Waals surface area contributed by atoms with Crippen molar-refractivity contribution in [2.45, 2.75) is 26.0 Å². The molecule has 1 fully saturated rings. The van der Waals surface area contributed by atoms with E-state index in [1.54, 1.807) is 12.1 Å². The third-order valence-corrected chi connectivity index (χ3v) is 4.64. The maximum Gasteiger partial charge on any atom is 0.312 e. The topological polar surface area (TPSA) is 88.9 Å². The van der Waals surface area contributed by atoms with Gasteiger partial charge in [0.15, 0.2) is 6.10 Å². The number of halogens is 2. The summed E-state index contributed by atoms with van der Waals surface area (Å²) in [7, 11) is 0. The molecule has 148 valence electrons. The molecule has 2 heterocycles. The largest absolute Gasteiger partial charge is 0.467 e. The van der Waals surface area contributed by atoms with Crippen LogP contribution in [0.4, 0.5) is 10.1 Å². The van der Waals surface area contributed by atoms with Gasteiger partial charge in [-0.05, 0) is 37.3 Å². The smallest absolute Gasteiger partial charge is 0.312 e. The summed E-state index contributed by atoms with van der Waals surface area (Å²) in [5.41, 5.74) is 0.205. The Morgan fingerprint density at radius 2 is 2.21 bits per heavy atom. The number of nitrogens with zero attached hydrogens (tertiary/aromatic N) is 1. The van der Waals surface area contributed by atoms with Crippen LogP contribution in [-0.2, 0) is 25.7 Å². The zero-order chi connectivity index (χ0) is 20.3. The van der Waals surface area contributed by atoms with Gasteiger partial charge < -0.3 is 19.4 Å². The fourth-order valence-electron chi connectivity index (χ4n) is 2.82. The zero-order valence-electron chi connectivity index (χ0n) is 15.0. The van der Waals surface area contributed by atoms with Crippen LogP contribution in [0.1, 0.15) is 19.1 Å². The summed E-state index contributed by atoms with van der Waals surface area (Å²) >= 11 is 5.86. The maximum absolute atomic E-state index is 13.1. The monoisotopic (exact) mass is 408 g/mol. The van der Waals surface area contributed by atoms with Crippen molar-refractivity contribution in [3.05, 3.63) is 53.2 Å². The van der Waals surface area contributed by atoms with Crippen LogP contribution in [0.2, 0.25) is 5.02 Å². The van der Waals surface area contributed by atoms with Gasteiger partial charge in [-0.1, -0.05) is 11.6 Å². The van der Waals surface area contributed by atoms with E-state index in [-0.39, 0.29) is 36.1 Å². The summed E-state index contributed by atoms with van der Waals surface area (Å²) < 4.78 is 23.5. The Bertz CT molecular complexity index is 886. The Balaban J connectivity index is 1.53. The third-order valence-electron chi connectivity index (χ3n) is 4.33. The van der Waals surface area contributed by atoms with Crippen LogP contribution in [0.25, 0.3) is 0 Å². The molecule has 0 unspecified atom stereocenters. The van der Waals surface area contributed by atoms with Crippen LogP contribution in [0.5, 0.6) is 0 Å². The number of hydrogen-bond acceptors (Lipinski definition) is 5. The molecule has 1 aromatic carbocycles. The van der Waals surface area contributed by atoms with Crippen LogP contribution in [0, 0.1) is 11.7 Å². The van der Waals surface area contributed by atoms with E-state index in [0.717, 1.165) is 12.1 Å². The number of furan rings is 1. The number of ether oxygens (including phenoxy) is 1. The third kappa shape index (κ3) is 4.69. The Hall–Kier alpha value is -2.87. The number of nitrogens with one attached hydrogen (secondary N) is 1. The second-order valence-corrected chi connectivity index (χ2v) is 6.85. The Labute approximate surface area is 165 Å². The number of hydrogen-bond donors (Lipinski definition) is 1. The molecule has 0 bridgehead atoms. The van der Waals surface area contributed by atoms with Crippen molar-refractivity contribution < 1.29 is 27.9 Å². The lowest BCUT2D eigenvalue weighted by atomic mass is 10.1. The fraction of sp³-hybridized carbons (Fsp3) is 0.316. The summed E-state index contributed by atoms with van der Waals surface area (Å²) in [6.45, 7) is 1.87. The molecule has 1 saturated heterocycles. The lowest BCUT2D eigenvalue weighted by Crippen LogP contribution is -2.33. The van der Waals surface area contributed by atoms with Gasteiger partial charge in [-0.25, -0.2) is 4.39 Å². The standard InChI is InChI=1S/C19H18ClFN2O5/c1-11(18(25)22-16-5-4-13(21)8-15(16)20)28-19(26)12-7-17(24)23(9-12)10-14-3-2-6-27-14/h2-6,8,11-12H,7,9-10H2,1H3,(H,22,25)/t11-,12-/m0/s1. The van der Waals surface area contributed by atoms with E-state index in [9.17, 15) is 18.8 Å². The summed E-state index contributed by atoms with van der Waals surface area (Å²) in [6.07, 6.45) is 0.412. The fourth-order valence-corrected chi connectivity index (χ4v) is 3.04. The average molecular weight is 409 g/mol. The molecule has 9 heteroatoms. The SMILES string of the molecule is C[C@H](OC(=O)[C@H]1CC(=O)N(Cc2ccco2)C1)C(=O)Nc1ccc(F)cc1Cl. The molecule has 0 aliphatic carbocycles. The van der Waals surface area contributed by atoms with Gasteiger partial charge in [0.2, 0.25) is 5.91 Å². The molecule has 2 amide bonds. The van der Waals surface area contributed by atoms with Gasteiger partial charge in [0.05, 0.1) is 29.4 Å². The first kappa shape index (κ1) is 19.9. The number of anilines is 1. The molecule has 2 atom stereocenters. The molecule has 1 aliphatic heterocycles. The summed E-state index contributed by atoms with van der Waals surface area (Å²) in [5, 5.41) is 2.51. The van der Waals surface area contributed by atoms with Gasteiger partial charge in [0.25, 0.3) is 5.91 Å². The maximum atomic E-state index is 13.1. The van der Waals surface area contributed by atoms with Crippen molar-refractivity contribution in [2.75, 3.05) is 11.9 Å². The molecule has 0 spiro atoms. The van der Waals surface area contributed by atoms with E-state index < -0.39 is 29.7 Å². The van der Waals surface area contributed by atoms with Gasteiger partial charge in [0.1, 0.15) is 11.6 Å². The molecule has 0 radical (unpaired) electrons. The first-order valence-electron chi connectivity index (χ1n) is 8.60. The highest BCUT2D eigenvalue weighted by Gasteiger charge is 2.37. The number of carbonyl (C=O) groups excluding carboxylic acids is 3. The summed E-state index contributed by atoms with van der Waals surface area (Å²) in [6, 6.07) is 6.98. The van der Waals surface area contributed by atoms with Crippen LogP contribution in [0.15, 0.2) is 41.0 Å². The van der Waals surface area contributed by atoms with Crippen molar-refractivity contribution in [3.63, 3.8) is 0 Å². The van der Waals surface area contributed by atoms with E-state index in [1.165, 1.54) is 24.2 Å². The molecule has 1 aromatic heterocycles. The number of amides is 2. The Kier molecular flexibility index (Phi) is 5.99. The van der Waals surface area contributed by atoms with Gasteiger partial charge >= 0.3 is 5.97 Å². The minimum atomic E-state index is -1.11. The Morgan fingerprint density at radius 1 is 1.43 bits per heavy atom. The van der Waals surface area contributed by atoms with Gasteiger partial charge in [-0.15, -0.1) is 0 Å². The lowest BCUT2D eigenvalue weighted by Gasteiger charge is -2.17. The molecule has 28 heavy (non-hydrogen) atoms. The van der Waals surface area contributed by atoms with E-state index in [2.05, 4.69) is 5.32 Å². The lowest BCUT2D eigenvalue weighted by molar-refractivity contribution is -0.157. The second-order valence-electron chi connectivity index (χ2n) is 6.45. The predicted octanol–water partition coefficient (Wildman–Crippen LogP) is 2.99. The van der Waals surface area contributed by atoms with Crippen LogP contribution in [-0.4, -0.2) is 35.3 Å². The number of carbonyl (C=O) groups is 3. The molecule has 1 aliphatic rings. The number of likely N-dealkylation sites (tertiary alicyclic amines) is 1. The highest BCUT2D eigenvalue weighted by molar-refractivity contribution is 6.33. The first-order valence-corrected chi connectivity index (χ1v) is 8.98. The van der Waals surface area contributed by atoms with E-state index in [1.807, 2.05) is 0 Å². The van der Waals surface area contributed by atoms with Crippen molar-refractivity contribution >= 4 is 35.1 Å².